The molecule has 7 heteroatoms. The first-order valence-corrected chi connectivity index (χ1v) is 5.93. The van der Waals surface area contributed by atoms with Crippen molar-refractivity contribution in [2.24, 2.45) is 0 Å². The molecule has 0 aliphatic rings. The summed E-state index contributed by atoms with van der Waals surface area (Å²) in [4.78, 5) is 33.6. The zero-order valence-electron chi connectivity index (χ0n) is 10.6. The number of hydrogen-bond donors (Lipinski definition) is 1. The molecule has 0 aliphatic heterocycles. The smallest absolute Gasteiger partial charge is 0.351 e. The Balaban J connectivity index is 2.75. The van der Waals surface area contributed by atoms with Gasteiger partial charge in [0.25, 0.3) is 5.69 Å². The number of ketones is 1. The van der Waals surface area contributed by atoms with Gasteiger partial charge in [0, 0.05) is 18.6 Å². The van der Waals surface area contributed by atoms with Crippen LogP contribution >= 0.6 is 0 Å². The lowest BCUT2D eigenvalue weighted by molar-refractivity contribution is -0.384. The Labute approximate surface area is 112 Å². The van der Waals surface area contributed by atoms with Crippen LogP contribution in [0.1, 0.15) is 30.1 Å². The van der Waals surface area contributed by atoms with Crippen molar-refractivity contribution in [2.75, 3.05) is 0 Å². The Morgan fingerprint density at radius 1 is 1.45 bits per heavy atom. The summed E-state index contributed by atoms with van der Waals surface area (Å²) in [6, 6.07) is 3.43. The number of carbonyl (C=O) groups is 1. The van der Waals surface area contributed by atoms with E-state index in [2.05, 4.69) is 0 Å². The Hall–Kier alpha value is -2.70. The fraction of sp³-hybridized carbons (Fsp3) is 0.231. The van der Waals surface area contributed by atoms with Crippen LogP contribution in [0.25, 0.3) is 11.0 Å². The molecule has 0 unspecified atom stereocenters. The van der Waals surface area contributed by atoms with Crippen LogP contribution in [0, 0.1) is 10.1 Å². The number of benzene rings is 1. The average Bonchev–Trinajstić information content (AvgIpc) is 2.38. The van der Waals surface area contributed by atoms with E-state index in [1.807, 2.05) is 0 Å². The number of hydrogen-bond acceptors (Lipinski definition) is 6. The highest BCUT2D eigenvalue weighted by molar-refractivity contribution is 6.02. The molecule has 0 spiro atoms. The summed E-state index contributed by atoms with van der Waals surface area (Å²) in [5.74, 6) is -1.12. The molecule has 0 amide bonds. The molecule has 0 bridgehead atoms. The maximum absolute atomic E-state index is 11.8. The third kappa shape index (κ3) is 2.25. The Bertz CT molecular complexity index is 761. The second kappa shape index (κ2) is 5.12. The predicted octanol–water partition coefficient (Wildman–Crippen LogP) is 2.39. The van der Waals surface area contributed by atoms with Gasteiger partial charge >= 0.3 is 5.63 Å². The normalized spacial score (nSPS) is 10.7. The molecule has 2 rings (SSSR count). The summed E-state index contributed by atoms with van der Waals surface area (Å²) < 4.78 is 4.92. The molecule has 0 radical (unpaired) electrons. The van der Waals surface area contributed by atoms with E-state index in [0.717, 1.165) is 12.1 Å². The van der Waals surface area contributed by atoms with Gasteiger partial charge in [-0.1, -0.05) is 6.92 Å². The van der Waals surface area contributed by atoms with E-state index in [9.17, 15) is 24.8 Å². The summed E-state index contributed by atoms with van der Waals surface area (Å²) >= 11 is 0. The first kappa shape index (κ1) is 13.7. The first-order chi connectivity index (χ1) is 9.45. The fourth-order valence-corrected chi connectivity index (χ4v) is 1.89. The van der Waals surface area contributed by atoms with Crippen LogP contribution in [-0.4, -0.2) is 15.8 Å². The summed E-state index contributed by atoms with van der Waals surface area (Å²) in [5.41, 5.74) is -1.68. The summed E-state index contributed by atoms with van der Waals surface area (Å²) in [6.07, 6.45) is 0.587. The Morgan fingerprint density at radius 3 is 2.75 bits per heavy atom. The number of nitro groups is 1. The number of fused-ring (bicyclic) bond motifs is 1. The van der Waals surface area contributed by atoms with Gasteiger partial charge < -0.3 is 9.52 Å². The molecule has 7 nitrogen and oxygen atoms in total. The van der Waals surface area contributed by atoms with Crippen molar-refractivity contribution in [1.29, 1.82) is 0 Å². The molecule has 0 saturated heterocycles. The van der Waals surface area contributed by atoms with Gasteiger partial charge in [-0.3, -0.25) is 14.9 Å². The van der Waals surface area contributed by atoms with Crippen molar-refractivity contribution in [1.82, 2.24) is 0 Å². The molecule has 1 aromatic carbocycles. The maximum Gasteiger partial charge on any atom is 0.351 e. The minimum absolute atomic E-state index is 0.00820. The van der Waals surface area contributed by atoms with Gasteiger partial charge in [-0.05, 0) is 12.5 Å². The number of Topliss-reactive ketones (excluding diaryl/α,β-unsaturated/α-hetero) is 1. The predicted molar refractivity (Wildman–Crippen MR) is 70.0 cm³/mol. The molecule has 1 aromatic heterocycles. The van der Waals surface area contributed by atoms with Crippen LogP contribution in [0.15, 0.2) is 27.4 Å². The van der Waals surface area contributed by atoms with E-state index in [-0.39, 0.29) is 23.1 Å². The highest BCUT2D eigenvalue weighted by Gasteiger charge is 2.21. The number of non-ortho nitro benzene ring substituents is 1. The number of aromatic hydroxyl groups is 1. The lowest BCUT2D eigenvalue weighted by Gasteiger charge is -2.05. The number of rotatable bonds is 4. The number of carbonyl (C=O) groups excluding carboxylic acids is 1. The zero-order valence-corrected chi connectivity index (χ0v) is 10.6. The molecule has 20 heavy (non-hydrogen) atoms. The molecule has 0 atom stereocenters. The number of nitrogens with zero attached hydrogens (tertiary/aromatic N) is 1. The van der Waals surface area contributed by atoms with Crippen LogP contribution in [0.4, 0.5) is 5.69 Å². The standard InChI is InChI=1S/C13H11NO6/c1-2-3-9(15)11-12(16)8-6-7(14(18)19)4-5-10(8)20-13(11)17/h4-6,16H,2-3H2,1H3. The second-order valence-corrected chi connectivity index (χ2v) is 4.22. The average molecular weight is 277 g/mol. The maximum atomic E-state index is 11.8. The second-order valence-electron chi connectivity index (χ2n) is 4.22. The molecule has 2 aromatic rings. The van der Waals surface area contributed by atoms with Crippen molar-refractivity contribution < 1.29 is 19.2 Å². The fourth-order valence-electron chi connectivity index (χ4n) is 1.89. The quantitative estimate of drug-likeness (QED) is 0.397. The lowest BCUT2D eigenvalue weighted by atomic mass is 10.1. The van der Waals surface area contributed by atoms with E-state index < -0.39 is 27.6 Å². The molecule has 0 aliphatic carbocycles. The van der Waals surface area contributed by atoms with Crippen molar-refractivity contribution in [3.05, 3.63) is 44.3 Å². The largest absolute Gasteiger partial charge is 0.506 e. The minimum Gasteiger partial charge on any atom is -0.506 e. The molecular formula is C13H11NO6. The van der Waals surface area contributed by atoms with Crippen LogP contribution < -0.4 is 5.63 Å². The van der Waals surface area contributed by atoms with Gasteiger partial charge in [-0.2, -0.15) is 0 Å². The molecule has 1 N–H and O–H groups in total. The third-order valence-electron chi connectivity index (χ3n) is 2.83. The van der Waals surface area contributed by atoms with Crippen molar-refractivity contribution in [2.45, 2.75) is 19.8 Å². The summed E-state index contributed by atoms with van der Waals surface area (Å²) in [6.45, 7) is 1.75. The summed E-state index contributed by atoms with van der Waals surface area (Å²) in [5, 5.41) is 20.7. The third-order valence-corrected chi connectivity index (χ3v) is 2.83. The van der Waals surface area contributed by atoms with Crippen LogP contribution in [0.5, 0.6) is 5.75 Å². The SMILES string of the molecule is CCCC(=O)c1c(O)c2cc([N+](=O)[O-])ccc2oc1=O. The van der Waals surface area contributed by atoms with Crippen LogP contribution in [0.3, 0.4) is 0 Å². The van der Waals surface area contributed by atoms with Gasteiger partial charge in [0.2, 0.25) is 0 Å². The monoisotopic (exact) mass is 277 g/mol. The van der Waals surface area contributed by atoms with E-state index in [1.165, 1.54) is 6.07 Å². The molecule has 0 fully saturated rings. The molecule has 104 valence electrons. The molecule has 0 saturated carbocycles. The lowest BCUT2D eigenvalue weighted by Crippen LogP contribution is -2.14. The minimum atomic E-state index is -0.942. The van der Waals surface area contributed by atoms with E-state index in [1.54, 1.807) is 6.92 Å². The highest BCUT2D eigenvalue weighted by atomic mass is 16.6. The Kier molecular flexibility index (Phi) is 3.51. The van der Waals surface area contributed by atoms with Crippen molar-refractivity contribution >= 4 is 22.4 Å². The zero-order chi connectivity index (χ0) is 14.9. The van der Waals surface area contributed by atoms with Crippen molar-refractivity contribution in [3.8, 4) is 5.75 Å². The van der Waals surface area contributed by atoms with Gasteiger partial charge in [0.1, 0.15) is 16.9 Å². The van der Waals surface area contributed by atoms with Gasteiger partial charge in [0.05, 0.1) is 10.3 Å². The van der Waals surface area contributed by atoms with Crippen LogP contribution in [0.2, 0.25) is 0 Å². The highest BCUT2D eigenvalue weighted by Crippen LogP contribution is 2.30. The van der Waals surface area contributed by atoms with E-state index in [0.29, 0.717) is 6.42 Å². The molecular weight excluding hydrogens is 266 g/mol. The topological polar surface area (TPSA) is 111 Å². The van der Waals surface area contributed by atoms with E-state index >= 15 is 0 Å². The van der Waals surface area contributed by atoms with Gasteiger partial charge in [-0.25, -0.2) is 4.79 Å². The van der Waals surface area contributed by atoms with Crippen LogP contribution in [-0.2, 0) is 0 Å². The van der Waals surface area contributed by atoms with Crippen molar-refractivity contribution in [3.63, 3.8) is 0 Å². The number of nitro benzene ring substituents is 1. The van der Waals surface area contributed by atoms with E-state index in [4.69, 9.17) is 4.42 Å². The van der Waals surface area contributed by atoms with Gasteiger partial charge in [-0.15, -0.1) is 0 Å². The summed E-state index contributed by atoms with van der Waals surface area (Å²) in [7, 11) is 0. The first-order valence-electron chi connectivity index (χ1n) is 5.93. The Morgan fingerprint density at radius 2 is 2.15 bits per heavy atom. The van der Waals surface area contributed by atoms with Gasteiger partial charge in [0.15, 0.2) is 5.78 Å². The molecule has 1 heterocycles.